The molecule has 5 nitrogen and oxygen atoms in total. The highest BCUT2D eigenvalue weighted by Gasteiger charge is 2.35. The molecule has 1 aliphatic rings. The van der Waals surface area contributed by atoms with Crippen molar-refractivity contribution in [2.75, 3.05) is 26.3 Å². The van der Waals surface area contributed by atoms with Crippen LogP contribution in [0.2, 0.25) is 0 Å². The summed E-state index contributed by atoms with van der Waals surface area (Å²) in [5.74, 6) is -0.186. The van der Waals surface area contributed by atoms with Crippen LogP contribution >= 0.6 is 0 Å². The lowest BCUT2D eigenvalue weighted by atomic mass is 10.0. The van der Waals surface area contributed by atoms with Gasteiger partial charge in [-0.05, 0) is 45.4 Å². The monoisotopic (exact) mass is 389 g/mol. The highest BCUT2D eigenvalue weighted by molar-refractivity contribution is 5.68. The molecule has 2 rings (SSSR count). The second kappa shape index (κ2) is 8.37. The number of amides is 1. The maximum absolute atomic E-state index is 13.3. The van der Waals surface area contributed by atoms with Gasteiger partial charge in [-0.3, -0.25) is 0 Å². The average Bonchev–Trinajstić information content (AvgIpc) is 2.54. The molecule has 0 aliphatic carbocycles. The van der Waals surface area contributed by atoms with E-state index in [1.165, 1.54) is 11.0 Å². The summed E-state index contributed by atoms with van der Waals surface area (Å²) in [6.07, 6.45) is -5.09. The van der Waals surface area contributed by atoms with Crippen molar-refractivity contribution in [1.29, 1.82) is 0 Å². The summed E-state index contributed by atoms with van der Waals surface area (Å²) in [5, 5.41) is 0. The minimum atomic E-state index is -4.50. The number of nitrogens with zero attached hydrogens (tertiary/aromatic N) is 1. The van der Waals surface area contributed by atoms with E-state index in [2.05, 4.69) is 0 Å². The minimum Gasteiger partial charge on any atom is -0.493 e. The van der Waals surface area contributed by atoms with Gasteiger partial charge in [0.15, 0.2) is 0 Å². The molecule has 1 atom stereocenters. The van der Waals surface area contributed by atoms with Crippen LogP contribution in [0.3, 0.4) is 0 Å². The van der Waals surface area contributed by atoms with E-state index in [0.29, 0.717) is 18.7 Å². The van der Waals surface area contributed by atoms with Crippen molar-refractivity contribution in [2.45, 2.75) is 52.0 Å². The Labute approximate surface area is 157 Å². The topological polar surface area (TPSA) is 48.0 Å². The van der Waals surface area contributed by atoms with Crippen LogP contribution in [0, 0.1) is 0 Å². The average molecular weight is 389 g/mol. The molecule has 1 aliphatic heterocycles. The Morgan fingerprint density at radius 2 is 2.00 bits per heavy atom. The highest BCUT2D eigenvalue weighted by atomic mass is 19.4. The molecule has 1 heterocycles. The van der Waals surface area contributed by atoms with Gasteiger partial charge in [0.05, 0.1) is 31.4 Å². The zero-order valence-corrected chi connectivity index (χ0v) is 16.1. The number of hydrogen-bond acceptors (Lipinski definition) is 4. The fourth-order valence-electron chi connectivity index (χ4n) is 2.81. The van der Waals surface area contributed by atoms with Gasteiger partial charge in [0, 0.05) is 13.0 Å². The summed E-state index contributed by atoms with van der Waals surface area (Å²) in [7, 11) is 0. The number of morpholine rings is 1. The van der Waals surface area contributed by atoms with Crippen LogP contribution in [-0.2, 0) is 22.1 Å². The van der Waals surface area contributed by atoms with E-state index in [-0.39, 0.29) is 25.3 Å². The zero-order valence-electron chi connectivity index (χ0n) is 16.1. The van der Waals surface area contributed by atoms with Crippen LogP contribution in [0.15, 0.2) is 18.2 Å². The van der Waals surface area contributed by atoms with Crippen LogP contribution in [0.4, 0.5) is 18.0 Å². The Morgan fingerprint density at radius 1 is 1.30 bits per heavy atom. The fraction of sp³-hybridized carbons (Fsp3) is 0.632. The van der Waals surface area contributed by atoms with Crippen LogP contribution in [0.1, 0.15) is 38.8 Å². The summed E-state index contributed by atoms with van der Waals surface area (Å²) in [6.45, 7) is 8.09. The van der Waals surface area contributed by atoms with E-state index in [1.807, 2.05) is 0 Å². The summed E-state index contributed by atoms with van der Waals surface area (Å²) < 4.78 is 55.9. The number of rotatable bonds is 4. The van der Waals surface area contributed by atoms with Crippen molar-refractivity contribution in [1.82, 2.24) is 4.90 Å². The van der Waals surface area contributed by atoms with Crippen LogP contribution < -0.4 is 4.74 Å². The Bertz CT molecular complexity index is 655. The first-order valence-corrected chi connectivity index (χ1v) is 8.92. The molecule has 1 unspecified atom stereocenters. The maximum Gasteiger partial charge on any atom is 0.419 e. The van der Waals surface area contributed by atoms with Gasteiger partial charge in [-0.2, -0.15) is 13.2 Å². The van der Waals surface area contributed by atoms with Gasteiger partial charge in [0.1, 0.15) is 11.4 Å². The van der Waals surface area contributed by atoms with E-state index >= 15 is 0 Å². The summed E-state index contributed by atoms with van der Waals surface area (Å²) in [6, 6.07) is 4.01. The van der Waals surface area contributed by atoms with Crippen molar-refractivity contribution in [2.24, 2.45) is 0 Å². The molecule has 1 amide bonds. The highest BCUT2D eigenvalue weighted by Crippen LogP contribution is 2.37. The number of alkyl halides is 3. The molecule has 0 N–H and O–H groups in total. The standard InChI is InChI=1S/C19H26F3NO4/c1-5-25-16-7-6-13(11-15(16)19(20,21)22)10-14-12-23(8-9-26-14)17(24)27-18(2,3)4/h6-7,11,14H,5,8-10,12H2,1-4H3. The lowest BCUT2D eigenvalue weighted by Crippen LogP contribution is -2.48. The molecule has 1 fully saturated rings. The normalized spacial score (nSPS) is 18.3. The fourth-order valence-corrected chi connectivity index (χ4v) is 2.81. The van der Waals surface area contributed by atoms with Gasteiger partial charge in [-0.25, -0.2) is 4.79 Å². The van der Waals surface area contributed by atoms with Crippen molar-refractivity contribution in [3.63, 3.8) is 0 Å². The van der Waals surface area contributed by atoms with Gasteiger partial charge >= 0.3 is 12.3 Å². The van der Waals surface area contributed by atoms with E-state index in [9.17, 15) is 18.0 Å². The van der Waals surface area contributed by atoms with E-state index in [1.54, 1.807) is 33.8 Å². The molecule has 0 bridgehead atoms. The molecular formula is C19H26F3NO4. The van der Waals surface area contributed by atoms with Gasteiger partial charge in [0.2, 0.25) is 0 Å². The lowest BCUT2D eigenvalue weighted by molar-refractivity contribution is -0.139. The SMILES string of the molecule is CCOc1ccc(CC2CN(C(=O)OC(C)(C)C)CCO2)cc1C(F)(F)F. The third kappa shape index (κ3) is 6.30. The minimum absolute atomic E-state index is 0.152. The second-order valence-electron chi connectivity index (χ2n) is 7.38. The molecule has 1 saturated heterocycles. The smallest absolute Gasteiger partial charge is 0.419 e. The molecule has 8 heteroatoms. The molecule has 0 spiro atoms. The predicted molar refractivity (Wildman–Crippen MR) is 93.9 cm³/mol. The van der Waals surface area contributed by atoms with Gasteiger partial charge in [-0.1, -0.05) is 6.07 Å². The van der Waals surface area contributed by atoms with E-state index in [0.717, 1.165) is 6.07 Å². The third-order valence-electron chi connectivity index (χ3n) is 3.90. The predicted octanol–water partition coefficient (Wildman–Crippen LogP) is 4.28. The van der Waals surface area contributed by atoms with E-state index < -0.39 is 29.5 Å². The Kier molecular flexibility index (Phi) is 6.62. The van der Waals surface area contributed by atoms with Crippen LogP contribution in [0.5, 0.6) is 5.75 Å². The van der Waals surface area contributed by atoms with Crippen molar-refractivity contribution >= 4 is 6.09 Å². The molecule has 0 aromatic heterocycles. The third-order valence-corrected chi connectivity index (χ3v) is 3.90. The molecule has 0 saturated carbocycles. The summed E-state index contributed by atoms with van der Waals surface area (Å²) in [5.41, 5.74) is -0.940. The quantitative estimate of drug-likeness (QED) is 0.771. The largest absolute Gasteiger partial charge is 0.493 e. The number of ether oxygens (including phenoxy) is 3. The molecule has 1 aromatic carbocycles. The lowest BCUT2D eigenvalue weighted by Gasteiger charge is -2.34. The summed E-state index contributed by atoms with van der Waals surface area (Å²) >= 11 is 0. The van der Waals surface area contributed by atoms with Crippen molar-refractivity contribution in [3.8, 4) is 5.75 Å². The van der Waals surface area contributed by atoms with E-state index in [4.69, 9.17) is 14.2 Å². The van der Waals surface area contributed by atoms with Crippen LogP contribution in [-0.4, -0.2) is 49.0 Å². The zero-order chi connectivity index (χ0) is 20.2. The molecule has 27 heavy (non-hydrogen) atoms. The van der Waals surface area contributed by atoms with Crippen molar-refractivity contribution < 1.29 is 32.2 Å². The van der Waals surface area contributed by atoms with Gasteiger partial charge in [0.25, 0.3) is 0 Å². The van der Waals surface area contributed by atoms with Gasteiger partial charge < -0.3 is 19.1 Å². The van der Waals surface area contributed by atoms with Crippen LogP contribution in [0.25, 0.3) is 0 Å². The first-order valence-electron chi connectivity index (χ1n) is 8.92. The number of halogens is 3. The number of carbonyl (C=O) groups is 1. The summed E-state index contributed by atoms with van der Waals surface area (Å²) in [4.78, 5) is 13.7. The molecular weight excluding hydrogens is 363 g/mol. The second-order valence-corrected chi connectivity index (χ2v) is 7.38. The maximum atomic E-state index is 13.3. The first kappa shape index (κ1) is 21.3. The number of benzene rings is 1. The van der Waals surface area contributed by atoms with Crippen molar-refractivity contribution in [3.05, 3.63) is 29.3 Å². The Morgan fingerprint density at radius 3 is 2.59 bits per heavy atom. The Hall–Kier alpha value is -1.96. The number of hydrogen-bond donors (Lipinski definition) is 0. The van der Waals surface area contributed by atoms with Gasteiger partial charge in [-0.15, -0.1) is 0 Å². The molecule has 152 valence electrons. The molecule has 1 aromatic rings. The Balaban J connectivity index is 2.09. The molecule has 0 radical (unpaired) electrons. The number of carbonyl (C=O) groups excluding carboxylic acids is 1. The first-order chi connectivity index (χ1) is 12.5.